The van der Waals surface area contributed by atoms with Crippen LogP contribution in [0.3, 0.4) is 0 Å². The van der Waals surface area contributed by atoms with E-state index in [2.05, 4.69) is 45.9 Å². The van der Waals surface area contributed by atoms with E-state index in [9.17, 15) is 4.79 Å². The zero-order chi connectivity index (χ0) is 19.9. The van der Waals surface area contributed by atoms with Crippen molar-refractivity contribution in [2.24, 2.45) is 0 Å². The van der Waals surface area contributed by atoms with Crippen LogP contribution in [0, 0.1) is 0 Å². The topological polar surface area (TPSA) is 46.5 Å². The van der Waals surface area contributed by atoms with Crippen molar-refractivity contribution in [3.8, 4) is 0 Å². The highest BCUT2D eigenvalue weighted by molar-refractivity contribution is 5.73. The van der Waals surface area contributed by atoms with Gasteiger partial charge in [-0.15, -0.1) is 0 Å². The van der Waals surface area contributed by atoms with E-state index in [1.807, 2.05) is 13.0 Å². The van der Waals surface area contributed by atoms with Crippen molar-refractivity contribution in [1.29, 1.82) is 0 Å². The molecule has 1 N–H and O–H groups in total. The van der Waals surface area contributed by atoms with Gasteiger partial charge in [0.25, 0.3) is 0 Å². The van der Waals surface area contributed by atoms with E-state index in [0.717, 1.165) is 38.5 Å². The molecule has 0 saturated carbocycles. The molecular weight excluding hydrogens is 324 g/mol. The summed E-state index contributed by atoms with van der Waals surface area (Å²) >= 11 is 0. The van der Waals surface area contributed by atoms with Crippen LogP contribution < -0.4 is 0 Å². The second-order valence-electron chi connectivity index (χ2n) is 7.35. The highest BCUT2D eigenvalue weighted by Crippen LogP contribution is 2.13. The van der Waals surface area contributed by atoms with Crippen molar-refractivity contribution in [3.63, 3.8) is 0 Å². The zero-order valence-corrected chi connectivity index (χ0v) is 17.6. The quantitative estimate of drug-likeness (QED) is 0.339. The van der Waals surface area contributed by atoms with Gasteiger partial charge in [-0.25, -0.2) is 4.79 Å². The Kier molecular flexibility index (Phi) is 13.6. The number of carbonyl (C=O) groups excluding carboxylic acids is 1. The molecule has 0 spiro atoms. The van der Waals surface area contributed by atoms with Crippen LogP contribution in [-0.2, 0) is 9.53 Å². The maximum atomic E-state index is 11.1. The van der Waals surface area contributed by atoms with Gasteiger partial charge in [-0.3, -0.25) is 0 Å². The number of aliphatic hydroxyl groups is 1. The number of esters is 1. The summed E-state index contributed by atoms with van der Waals surface area (Å²) in [6.45, 7) is 12.4. The average molecular weight is 363 g/mol. The van der Waals surface area contributed by atoms with Crippen LogP contribution in [0.2, 0.25) is 0 Å². The normalized spacial score (nSPS) is 14.2. The first-order valence-electron chi connectivity index (χ1n) is 9.67. The molecule has 0 bridgehead atoms. The number of hydrogen-bond donors (Lipinski definition) is 1. The van der Waals surface area contributed by atoms with Crippen LogP contribution in [0.1, 0.15) is 80.1 Å². The molecule has 0 aliphatic rings. The van der Waals surface area contributed by atoms with Gasteiger partial charge in [0.15, 0.2) is 0 Å². The van der Waals surface area contributed by atoms with E-state index in [-0.39, 0.29) is 6.61 Å². The summed E-state index contributed by atoms with van der Waals surface area (Å²) in [6.07, 6.45) is 14.3. The van der Waals surface area contributed by atoms with E-state index in [4.69, 9.17) is 9.84 Å². The largest absolute Gasteiger partial charge is 0.460 e. The molecular formula is C23H38O3. The predicted octanol–water partition coefficient (Wildman–Crippen LogP) is 6.06. The lowest BCUT2D eigenvalue weighted by atomic mass is 10.0. The molecule has 0 heterocycles. The molecule has 0 aliphatic heterocycles. The van der Waals surface area contributed by atoms with E-state index in [0.29, 0.717) is 0 Å². The first-order valence-corrected chi connectivity index (χ1v) is 9.67. The van der Waals surface area contributed by atoms with Crippen LogP contribution >= 0.6 is 0 Å². The molecule has 0 fully saturated rings. The van der Waals surface area contributed by atoms with E-state index < -0.39 is 12.1 Å². The summed E-state index contributed by atoms with van der Waals surface area (Å²) in [6, 6.07) is 0. The summed E-state index contributed by atoms with van der Waals surface area (Å²) in [5, 5.41) is 9.05. The number of hydrogen-bond acceptors (Lipinski definition) is 3. The van der Waals surface area contributed by atoms with Gasteiger partial charge in [0.1, 0.15) is 12.7 Å². The Labute approximate surface area is 160 Å². The number of carbonyl (C=O) groups is 1. The lowest BCUT2D eigenvalue weighted by Gasteiger charge is -2.05. The second-order valence-corrected chi connectivity index (χ2v) is 7.35. The summed E-state index contributed by atoms with van der Waals surface area (Å²) in [5.74, 6) is -0.575. The minimum absolute atomic E-state index is 0.231. The Morgan fingerprint density at radius 2 is 1.23 bits per heavy atom. The fourth-order valence-electron chi connectivity index (χ4n) is 2.37. The Balaban J connectivity index is 4.03. The van der Waals surface area contributed by atoms with Crippen molar-refractivity contribution in [3.05, 3.63) is 46.6 Å². The molecule has 148 valence electrons. The van der Waals surface area contributed by atoms with Crippen LogP contribution in [0.4, 0.5) is 0 Å². The summed E-state index contributed by atoms with van der Waals surface area (Å²) in [4.78, 5) is 11.1. The molecule has 0 aromatic carbocycles. The Hall–Kier alpha value is -1.61. The monoisotopic (exact) mass is 362 g/mol. The fraction of sp³-hybridized carbons (Fsp3) is 0.609. The lowest BCUT2D eigenvalue weighted by Crippen LogP contribution is -2.19. The Morgan fingerprint density at radius 3 is 1.65 bits per heavy atom. The third-order valence-corrected chi connectivity index (χ3v) is 4.15. The van der Waals surface area contributed by atoms with Crippen molar-refractivity contribution >= 4 is 5.97 Å². The van der Waals surface area contributed by atoms with Gasteiger partial charge < -0.3 is 9.84 Å². The van der Waals surface area contributed by atoms with E-state index in [1.54, 1.807) is 0 Å². The Bertz CT molecular complexity index is 530. The van der Waals surface area contributed by atoms with Gasteiger partial charge in [-0.05, 0) is 86.1 Å². The number of allylic oxidation sites excluding steroid dienone is 7. The minimum atomic E-state index is -1.06. The third-order valence-electron chi connectivity index (χ3n) is 4.15. The molecule has 3 heteroatoms. The van der Waals surface area contributed by atoms with Gasteiger partial charge in [0.05, 0.1) is 0 Å². The lowest BCUT2D eigenvalue weighted by molar-refractivity contribution is -0.151. The molecule has 0 aromatic rings. The molecule has 26 heavy (non-hydrogen) atoms. The first kappa shape index (κ1) is 24.4. The third kappa shape index (κ3) is 14.7. The zero-order valence-electron chi connectivity index (χ0n) is 17.6. The fourth-order valence-corrected chi connectivity index (χ4v) is 2.37. The van der Waals surface area contributed by atoms with Gasteiger partial charge in [-0.2, -0.15) is 0 Å². The second kappa shape index (κ2) is 14.5. The van der Waals surface area contributed by atoms with Gasteiger partial charge in [0, 0.05) is 0 Å². The van der Waals surface area contributed by atoms with Gasteiger partial charge in [0.2, 0.25) is 0 Å². The van der Waals surface area contributed by atoms with Gasteiger partial charge in [-0.1, -0.05) is 40.5 Å². The SMILES string of the molecule is CC(C)=CCC/C(C)=C/CC/C(C)=C/CC/C(C)=C/COC(=O)C(C)O. The van der Waals surface area contributed by atoms with Crippen LogP contribution in [0.25, 0.3) is 0 Å². The molecule has 1 unspecified atom stereocenters. The van der Waals surface area contributed by atoms with Crippen LogP contribution in [0.5, 0.6) is 0 Å². The molecule has 1 atom stereocenters. The number of aliphatic hydroxyl groups excluding tert-OH is 1. The average Bonchev–Trinajstić information content (AvgIpc) is 2.54. The molecule has 0 rings (SSSR count). The molecule has 0 aliphatic carbocycles. The minimum Gasteiger partial charge on any atom is -0.460 e. The highest BCUT2D eigenvalue weighted by atomic mass is 16.5. The smallest absolute Gasteiger partial charge is 0.334 e. The van der Waals surface area contributed by atoms with Crippen LogP contribution in [-0.4, -0.2) is 23.8 Å². The van der Waals surface area contributed by atoms with Crippen molar-refractivity contribution in [1.82, 2.24) is 0 Å². The van der Waals surface area contributed by atoms with Crippen molar-refractivity contribution in [2.45, 2.75) is 86.2 Å². The predicted molar refractivity (Wildman–Crippen MR) is 111 cm³/mol. The van der Waals surface area contributed by atoms with Crippen LogP contribution in [0.15, 0.2) is 46.6 Å². The summed E-state index contributed by atoms with van der Waals surface area (Å²) in [5.41, 5.74) is 5.48. The summed E-state index contributed by atoms with van der Waals surface area (Å²) in [7, 11) is 0. The molecule has 0 saturated heterocycles. The maximum Gasteiger partial charge on any atom is 0.334 e. The first-order chi connectivity index (χ1) is 12.2. The van der Waals surface area contributed by atoms with Gasteiger partial charge >= 0.3 is 5.97 Å². The molecule has 0 radical (unpaired) electrons. The maximum absolute atomic E-state index is 11.1. The molecule has 0 amide bonds. The van der Waals surface area contributed by atoms with E-state index >= 15 is 0 Å². The standard InChI is InChI=1S/C23H38O3/c1-18(2)10-7-11-19(3)12-8-13-20(4)14-9-15-21(5)16-17-26-23(25)22(6)24/h10,12,14,16,22,24H,7-9,11,13,15,17H2,1-6H3/b19-12+,20-14+,21-16+. The van der Waals surface area contributed by atoms with E-state index in [1.165, 1.54) is 29.2 Å². The number of ether oxygens (including phenoxy) is 1. The number of rotatable bonds is 12. The molecule has 3 nitrogen and oxygen atoms in total. The molecule has 0 aromatic heterocycles. The summed E-state index contributed by atoms with van der Waals surface area (Å²) < 4.78 is 4.93. The Morgan fingerprint density at radius 1 is 0.808 bits per heavy atom. The van der Waals surface area contributed by atoms with Crippen molar-refractivity contribution in [2.75, 3.05) is 6.61 Å². The highest BCUT2D eigenvalue weighted by Gasteiger charge is 2.08. The van der Waals surface area contributed by atoms with Crippen molar-refractivity contribution < 1.29 is 14.6 Å².